The number of hydrogen-bond acceptors (Lipinski definition) is 4. The highest BCUT2D eigenvalue weighted by Crippen LogP contribution is 2.23. The molecule has 0 bridgehead atoms. The van der Waals surface area contributed by atoms with Crippen LogP contribution < -0.4 is 10.6 Å². The number of pyridine rings is 1. The molecule has 0 unspecified atom stereocenters. The van der Waals surface area contributed by atoms with Crippen molar-refractivity contribution in [2.75, 3.05) is 18.4 Å². The van der Waals surface area contributed by atoms with Crippen molar-refractivity contribution >= 4 is 17.5 Å². The van der Waals surface area contributed by atoms with Crippen LogP contribution in [0, 0.1) is 12.8 Å². The van der Waals surface area contributed by atoms with E-state index in [9.17, 15) is 9.59 Å². The number of aromatic nitrogens is 1. The molecule has 0 atom stereocenters. The summed E-state index contributed by atoms with van der Waals surface area (Å²) in [6.07, 6.45) is 9.53. The van der Waals surface area contributed by atoms with E-state index in [0.29, 0.717) is 11.7 Å². The van der Waals surface area contributed by atoms with Gasteiger partial charge in [0.1, 0.15) is 5.69 Å². The van der Waals surface area contributed by atoms with Gasteiger partial charge >= 0.3 is 0 Å². The molecule has 1 aliphatic carbocycles. The molecule has 0 radical (unpaired) electrons. The lowest BCUT2D eigenvalue weighted by Crippen LogP contribution is -2.44. The SMILES string of the molecule is Cc1ccnc(C(=O)Nc2cccc(CN3CCC(C(=O)NC4CCCCC4)CC3)c2)c1. The number of anilines is 1. The van der Waals surface area contributed by atoms with Gasteiger partial charge in [0.15, 0.2) is 0 Å². The molecular formula is C26H34N4O2. The number of amides is 2. The van der Waals surface area contributed by atoms with Crippen molar-refractivity contribution in [1.29, 1.82) is 0 Å². The highest BCUT2D eigenvalue weighted by atomic mass is 16.2. The van der Waals surface area contributed by atoms with Crippen LogP contribution in [0.1, 0.15) is 66.6 Å². The first kappa shape index (κ1) is 22.5. The third kappa shape index (κ3) is 6.16. The minimum atomic E-state index is -0.198. The Labute approximate surface area is 190 Å². The number of benzene rings is 1. The smallest absolute Gasteiger partial charge is 0.274 e. The maximum atomic E-state index is 12.6. The second-order valence-electron chi connectivity index (χ2n) is 9.27. The average molecular weight is 435 g/mol. The fourth-order valence-electron chi connectivity index (χ4n) is 4.78. The molecule has 0 spiro atoms. The number of piperidine rings is 1. The molecule has 2 N–H and O–H groups in total. The van der Waals surface area contributed by atoms with Gasteiger partial charge in [0.05, 0.1) is 0 Å². The van der Waals surface area contributed by atoms with E-state index in [1.54, 1.807) is 12.3 Å². The summed E-state index contributed by atoms with van der Waals surface area (Å²) in [6.45, 7) is 4.62. The lowest BCUT2D eigenvalue weighted by molar-refractivity contribution is -0.127. The Morgan fingerprint density at radius 1 is 1.03 bits per heavy atom. The molecule has 1 saturated carbocycles. The quantitative estimate of drug-likeness (QED) is 0.711. The molecule has 2 fully saturated rings. The van der Waals surface area contributed by atoms with Crippen LogP contribution in [0.15, 0.2) is 42.6 Å². The number of carbonyl (C=O) groups excluding carboxylic acids is 2. The minimum Gasteiger partial charge on any atom is -0.353 e. The van der Waals surface area contributed by atoms with Gasteiger partial charge in [-0.3, -0.25) is 19.5 Å². The number of aryl methyl sites for hydroxylation is 1. The van der Waals surface area contributed by atoms with E-state index >= 15 is 0 Å². The van der Waals surface area contributed by atoms with Gasteiger partial charge in [-0.2, -0.15) is 0 Å². The van der Waals surface area contributed by atoms with Crippen molar-refractivity contribution < 1.29 is 9.59 Å². The third-order valence-electron chi connectivity index (χ3n) is 6.65. The highest BCUT2D eigenvalue weighted by Gasteiger charge is 2.27. The van der Waals surface area contributed by atoms with Gasteiger partial charge in [0.2, 0.25) is 5.91 Å². The van der Waals surface area contributed by atoms with E-state index in [-0.39, 0.29) is 17.7 Å². The summed E-state index contributed by atoms with van der Waals surface area (Å²) in [5.74, 6) is 0.197. The Morgan fingerprint density at radius 2 is 1.81 bits per heavy atom. The minimum absolute atomic E-state index is 0.139. The Morgan fingerprint density at radius 3 is 2.56 bits per heavy atom. The van der Waals surface area contributed by atoms with Crippen molar-refractivity contribution in [2.24, 2.45) is 5.92 Å². The molecular weight excluding hydrogens is 400 g/mol. The maximum absolute atomic E-state index is 12.6. The summed E-state index contributed by atoms with van der Waals surface area (Å²) in [5.41, 5.74) is 3.36. The fourth-order valence-corrected chi connectivity index (χ4v) is 4.78. The van der Waals surface area contributed by atoms with E-state index in [2.05, 4.69) is 26.6 Å². The van der Waals surface area contributed by atoms with Gasteiger partial charge in [0.25, 0.3) is 5.91 Å². The third-order valence-corrected chi connectivity index (χ3v) is 6.65. The first-order valence-corrected chi connectivity index (χ1v) is 11.9. The van der Waals surface area contributed by atoms with E-state index < -0.39 is 0 Å². The van der Waals surface area contributed by atoms with Gasteiger partial charge in [-0.05, 0) is 81.1 Å². The molecule has 2 aliphatic rings. The molecule has 2 heterocycles. The highest BCUT2D eigenvalue weighted by molar-refractivity contribution is 6.02. The van der Waals surface area contributed by atoms with Crippen LogP contribution in [0.2, 0.25) is 0 Å². The van der Waals surface area contributed by atoms with Gasteiger partial charge in [-0.1, -0.05) is 31.4 Å². The predicted molar refractivity (Wildman–Crippen MR) is 126 cm³/mol. The number of rotatable bonds is 6. The van der Waals surface area contributed by atoms with E-state index in [0.717, 1.165) is 62.1 Å². The summed E-state index contributed by atoms with van der Waals surface area (Å²) in [4.78, 5) is 31.7. The molecule has 6 heteroatoms. The summed E-state index contributed by atoms with van der Waals surface area (Å²) in [6, 6.07) is 12.0. The van der Waals surface area contributed by atoms with Gasteiger partial charge in [-0.15, -0.1) is 0 Å². The summed E-state index contributed by atoms with van der Waals surface area (Å²) >= 11 is 0. The van der Waals surface area contributed by atoms with Crippen LogP contribution >= 0.6 is 0 Å². The van der Waals surface area contributed by atoms with Crippen molar-refractivity contribution in [3.05, 3.63) is 59.4 Å². The molecule has 170 valence electrons. The Bertz CT molecular complexity index is 931. The van der Waals surface area contributed by atoms with Crippen LogP contribution in [0.5, 0.6) is 0 Å². The van der Waals surface area contributed by atoms with Crippen molar-refractivity contribution in [3.8, 4) is 0 Å². The zero-order valence-corrected chi connectivity index (χ0v) is 19.0. The second-order valence-corrected chi connectivity index (χ2v) is 9.27. The fraction of sp³-hybridized carbons (Fsp3) is 0.500. The van der Waals surface area contributed by atoms with E-state index in [1.807, 2.05) is 31.2 Å². The van der Waals surface area contributed by atoms with Gasteiger partial charge < -0.3 is 10.6 Å². The lowest BCUT2D eigenvalue weighted by atomic mass is 9.92. The molecule has 1 aromatic carbocycles. The van der Waals surface area contributed by atoms with Crippen LogP contribution in [0.3, 0.4) is 0 Å². The van der Waals surface area contributed by atoms with E-state index in [4.69, 9.17) is 0 Å². The first-order valence-electron chi connectivity index (χ1n) is 11.9. The molecule has 1 saturated heterocycles. The normalized spacial score (nSPS) is 18.3. The van der Waals surface area contributed by atoms with Crippen LogP contribution in [-0.4, -0.2) is 40.8 Å². The van der Waals surface area contributed by atoms with Crippen molar-refractivity contribution in [2.45, 2.75) is 64.5 Å². The zero-order valence-electron chi connectivity index (χ0n) is 19.0. The monoisotopic (exact) mass is 434 g/mol. The van der Waals surface area contributed by atoms with Crippen LogP contribution in [0.4, 0.5) is 5.69 Å². The first-order chi connectivity index (χ1) is 15.6. The molecule has 6 nitrogen and oxygen atoms in total. The van der Waals surface area contributed by atoms with Crippen LogP contribution in [-0.2, 0) is 11.3 Å². The number of likely N-dealkylation sites (tertiary alicyclic amines) is 1. The summed E-state index contributed by atoms with van der Waals surface area (Å²) in [5, 5.41) is 6.24. The molecule has 1 aliphatic heterocycles. The molecule has 2 aromatic rings. The van der Waals surface area contributed by atoms with Crippen molar-refractivity contribution in [3.63, 3.8) is 0 Å². The number of carbonyl (C=O) groups is 2. The van der Waals surface area contributed by atoms with Crippen molar-refractivity contribution in [1.82, 2.24) is 15.2 Å². The molecule has 4 rings (SSSR count). The second kappa shape index (κ2) is 10.7. The topological polar surface area (TPSA) is 74.3 Å². The largest absolute Gasteiger partial charge is 0.353 e. The zero-order chi connectivity index (χ0) is 22.3. The maximum Gasteiger partial charge on any atom is 0.274 e. The molecule has 1 aromatic heterocycles. The molecule has 2 amide bonds. The lowest BCUT2D eigenvalue weighted by Gasteiger charge is -2.32. The molecule has 32 heavy (non-hydrogen) atoms. The number of nitrogens with one attached hydrogen (secondary N) is 2. The Kier molecular flexibility index (Phi) is 7.53. The average Bonchev–Trinajstić information content (AvgIpc) is 2.80. The van der Waals surface area contributed by atoms with Gasteiger partial charge in [-0.25, -0.2) is 0 Å². The standard InChI is InChI=1S/C26H34N4O2/c1-19-10-13-27-24(16-19)26(32)29-23-9-5-6-20(17-23)18-30-14-11-21(12-15-30)25(31)28-22-7-3-2-4-8-22/h5-6,9-10,13,16-17,21-22H,2-4,7-8,11-12,14-15,18H2,1H3,(H,28,31)(H,29,32). The Balaban J connectivity index is 1.26. The predicted octanol–water partition coefficient (Wildman–Crippen LogP) is 4.30. The number of nitrogens with zero attached hydrogens (tertiary/aromatic N) is 2. The number of hydrogen-bond donors (Lipinski definition) is 2. The summed E-state index contributed by atoms with van der Waals surface area (Å²) in [7, 11) is 0. The Hall–Kier alpha value is -2.73. The van der Waals surface area contributed by atoms with Gasteiger partial charge in [0, 0.05) is 30.4 Å². The summed E-state index contributed by atoms with van der Waals surface area (Å²) < 4.78 is 0. The van der Waals surface area contributed by atoms with Crippen LogP contribution in [0.25, 0.3) is 0 Å². The van der Waals surface area contributed by atoms with E-state index in [1.165, 1.54) is 19.3 Å².